The number of aryl methyl sites for hydroxylation is 1. The van der Waals surface area contributed by atoms with Crippen LogP contribution in [0.3, 0.4) is 0 Å². The number of hydrogen-bond acceptors (Lipinski definition) is 3. The third kappa shape index (κ3) is 2.29. The summed E-state index contributed by atoms with van der Waals surface area (Å²) in [5.74, 6) is 0. The van der Waals surface area contributed by atoms with Crippen molar-refractivity contribution in [1.82, 2.24) is 9.47 Å². The second-order valence-corrected chi connectivity index (χ2v) is 4.40. The zero-order valence-corrected chi connectivity index (χ0v) is 10.1. The van der Waals surface area contributed by atoms with Crippen LogP contribution in [0, 0.1) is 0 Å². The topological polar surface area (TPSA) is 43.4 Å². The predicted molar refractivity (Wildman–Crippen MR) is 64.1 cm³/mol. The Bertz CT molecular complexity index is 342. The fraction of sp³-hybridized carbons (Fsp3) is 0.667. The molecular weight excluding hydrogens is 202 g/mol. The smallest absolute Gasteiger partial charge is 0.0594 e. The van der Waals surface area contributed by atoms with Gasteiger partial charge in [0.05, 0.1) is 13.2 Å². The van der Waals surface area contributed by atoms with Crippen LogP contribution in [0.2, 0.25) is 0 Å². The lowest BCUT2D eigenvalue weighted by atomic mass is 10.1. The molecular formula is C12H21N3O. The zero-order valence-electron chi connectivity index (χ0n) is 10.1. The molecule has 1 unspecified atom stereocenters. The average molecular weight is 223 g/mol. The number of hydrogen-bond donors (Lipinski definition) is 1. The van der Waals surface area contributed by atoms with Crippen molar-refractivity contribution in [2.45, 2.75) is 19.5 Å². The normalized spacial score (nSPS) is 19.9. The first-order chi connectivity index (χ1) is 7.72. The molecule has 1 aliphatic heterocycles. The zero-order chi connectivity index (χ0) is 11.5. The average Bonchev–Trinajstić information content (AvgIpc) is 2.71. The Hall–Kier alpha value is -0.840. The molecule has 0 aromatic carbocycles. The number of rotatable bonds is 3. The molecule has 90 valence electrons. The van der Waals surface area contributed by atoms with Gasteiger partial charge in [-0.3, -0.25) is 4.90 Å². The molecule has 1 aromatic heterocycles. The lowest BCUT2D eigenvalue weighted by Gasteiger charge is -2.31. The lowest BCUT2D eigenvalue weighted by molar-refractivity contribution is 0.0198. The number of nitrogens with zero attached hydrogens (tertiary/aromatic N) is 2. The number of aromatic nitrogens is 1. The highest BCUT2D eigenvalue weighted by Crippen LogP contribution is 2.22. The maximum atomic E-state index is 5.69. The molecule has 0 radical (unpaired) electrons. The van der Waals surface area contributed by atoms with E-state index in [1.165, 1.54) is 11.3 Å². The minimum atomic E-state index is 0.454. The summed E-state index contributed by atoms with van der Waals surface area (Å²) in [7, 11) is 2.05. The Balaban J connectivity index is 2.09. The van der Waals surface area contributed by atoms with Crippen molar-refractivity contribution in [2.75, 3.05) is 26.3 Å². The largest absolute Gasteiger partial charge is 0.379 e. The molecule has 0 bridgehead atoms. The number of ether oxygens (including phenoxy) is 1. The molecule has 0 saturated carbocycles. The molecule has 2 N–H and O–H groups in total. The molecule has 0 amide bonds. The summed E-state index contributed by atoms with van der Waals surface area (Å²) in [5.41, 5.74) is 8.23. The third-order valence-corrected chi connectivity index (χ3v) is 3.41. The summed E-state index contributed by atoms with van der Waals surface area (Å²) in [6.07, 6.45) is 2.18. The Morgan fingerprint density at radius 1 is 1.44 bits per heavy atom. The molecule has 1 fully saturated rings. The monoisotopic (exact) mass is 223 g/mol. The van der Waals surface area contributed by atoms with Crippen molar-refractivity contribution in [3.8, 4) is 0 Å². The van der Waals surface area contributed by atoms with Gasteiger partial charge < -0.3 is 15.0 Å². The van der Waals surface area contributed by atoms with Crippen molar-refractivity contribution in [1.29, 1.82) is 0 Å². The molecule has 0 aliphatic carbocycles. The summed E-state index contributed by atoms with van der Waals surface area (Å²) in [6, 6.07) is 2.66. The quantitative estimate of drug-likeness (QED) is 0.827. The van der Waals surface area contributed by atoms with E-state index in [4.69, 9.17) is 10.5 Å². The van der Waals surface area contributed by atoms with Gasteiger partial charge in [0.2, 0.25) is 0 Å². The van der Waals surface area contributed by atoms with Crippen LogP contribution in [0.1, 0.15) is 24.2 Å². The van der Waals surface area contributed by atoms with Crippen LogP contribution < -0.4 is 5.73 Å². The van der Waals surface area contributed by atoms with E-state index in [1.54, 1.807) is 0 Å². The summed E-state index contributed by atoms with van der Waals surface area (Å²) in [6.45, 7) is 6.59. The van der Waals surface area contributed by atoms with Gasteiger partial charge in [-0.25, -0.2) is 0 Å². The van der Waals surface area contributed by atoms with Crippen molar-refractivity contribution in [3.05, 3.63) is 23.5 Å². The van der Waals surface area contributed by atoms with Gasteiger partial charge in [0.1, 0.15) is 0 Å². The van der Waals surface area contributed by atoms with Crippen molar-refractivity contribution in [3.63, 3.8) is 0 Å². The van der Waals surface area contributed by atoms with Crippen molar-refractivity contribution in [2.24, 2.45) is 12.8 Å². The van der Waals surface area contributed by atoms with Gasteiger partial charge >= 0.3 is 0 Å². The Morgan fingerprint density at radius 3 is 2.69 bits per heavy atom. The van der Waals surface area contributed by atoms with Crippen LogP contribution in [0.25, 0.3) is 0 Å². The van der Waals surface area contributed by atoms with E-state index in [-0.39, 0.29) is 0 Å². The second-order valence-electron chi connectivity index (χ2n) is 4.40. The minimum Gasteiger partial charge on any atom is -0.379 e. The molecule has 1 saturated heterocycles. The Morgan fingerprint density at radius 2 is 2.12 bits per heavy atom. The fourth-order valence-corrected chi connectivity index (χ4v) is 2.24. The minimum absolute atomic E-state index is 0.454. The Kier molecular flexibility index (Phi) is 3.63. The van der Waals surface area contributed by atoms with Crippen LogP contribution in [-0.2, 0) is 18.3 Å². The van der Waals surface area contributed by atoms with E-state index in [0.717, 1.165) is 26.3 Å². The first-order valence-electron chi connectivity index (χ1n) is 5.89. The van der Waals surface area contributed by atoms with Gasteiger partial charge in [-0.05, 0) is 18.6 Å². The SMILES string of the molecule is CC(c1cc(CN)n(C)c1)N1CCOCC1. The van der Waals surface area contributed by atoms with Crippen molar-refractivity contribution >= 4 is 0 Å². The maximum absolute atomic E-state index is 5.69. The van der Waals surface area contributed by atoms with E-state index in [2.05, 4.69) is 35.7 Å². The van der Waals surface area contributed by atoms with Gasteiger partial charge in [-0.2, -0.15) is 0 Å². The summed E-state index contributed by atoms with van der Waals surface area (Å²) in [4.78, 5) is 2.46. The standard InChI is InChI=1S/C12H21N3O/c1-10(15-3-5-16-6-4-15)11-7-12(8-13)14(2)9-11/h7,9-10H,3-6,8,13H2,1-2H3. The molecule has 0 spiro atoms. The first-order valence-corrected chi connectivity index (χ1v) is 5.89. The van der Waals surface area contributed by atoms with Crippen molar-refractivity contribution < 1.29 is 4.74 Å². The highest BCUT2D eigenvalue weighted by molar-refractivity contribution is 5.21. The highest BCUT2D eigenvalue weighted by Gasteiger charge is 2.19. The van der Waals surface area contributed by atoms with Gasteiger partial charge in [0, 0.05) is 44.6 Å². The molecule has 2 rings (SSSR count). The van der Waals surface area contributed by atoms with Gasteiger partial charge in [0.15, 0.2) is 0 Å². The molecule has 4 heteroatoms. The lowest BCUT2D eigenvalue weighted by Crippen LogP contribution is -2.37. The predicted octanol–water partition coefficient (Wildman–Crippen LogP) is 0.877. The van der Waals surface area contributed by atoms with Crippen LogP contribution in [0.4, 0.5) is 0 Å². The van der Waals surface area contributed by atoms with E-state index in [9.17, 15) is 0 Å². The third-order valence-electron chi connectivity index (χ3n) is 3.41. The molecule has 4 nitrogen and oxygen atoms in total. The van der Waals surface area contributed by atoms with Gasteiger partial charge in [-0.1, -0.05) is 0 Å². The number of nitrogens with two attached hydrogens (primary N) is 1. The molecule has 1 aromatic rings. The first kappa shape index (κ1) is 11.6. The molecule has 1 atom stereocenters. The maximum Gasteiger partial charge on any atom is 0.0594 e. The molecule has 2 heterocycles. The summed E-state index contributed by atoms with van der Waals surface area (Å²) in [5, 5.41) is 0. The van der Waals surface area contributed by atoms with Gasteiger partial charge in [0.25, 0.3) is 0 Å². The second kappa shape index (κ2) is 4.99. The Labute approximate surface area is 97.0 Å². The fourth-order valence-electron chi connectivity index (χ4n) is 2.24. The summed E-state index contributed by atoms with van der Waals surface area (Å²) < 4.78 is 7.49. The van der Waals surface area contributed by atoms with E-state index >= 15 is 0 Å². The van der Waals surface area contributed by atoms with Crippen LogP contribution in [-0.4, -0.2) is 35.8 Å². The van der Waals surface area contributed by atoms with Gasteiger partial charge in [-0.15, -0.1) is 0 Å². The van der Waals surface area contributed by atoms with E-state index in [1.807, 2.05) is 0 Å². The van der Waals surface area contributed by atoms with E-state index < -0.39 is 0 Å². The van der Waals surface area contributed by atoms with Crippen LogP contribution >= 0.6 is 0 Å². The highest BCUT2D eigenvalue weighted by atomic mass is 16.5. The number of morpholine rings is 1. The van der Waals surface area contributed by atoms with E-state index in [0.29, 0.717) is 12.6 Å². The van der Waals surface area contributed by atoms with Crippen LogP contribution in [0.15, 0.2) is 12.3 Å². The molecule has 1 aliphatic rings. The summed E-state index contributed by atoms with van der Waals surface area (Å²) >= 11 is 0. The van der Waals surface area contributed by atoms with Crippen LogP contribution in [0.5, 0.6) is 0 Å². The molecule has 16 heavy (non-hydrogen) atoms.